The number of nitrogens with one attached hydrogen (secondary N) is 2. The fraction of sp³-hybridized carbons (Fsp3) is 0.455. The maximum Gasteiger partial charge on any atom is 0.247 e. The van der Waals surface area contributed by atoms with Crippen molar-refractivity contribution in [1.82, 2.24) is 5.32 Å². The van der Waals surface area contributed by atoms with Gasteiger partial charge in [-0.2, -0.15) is 0 Å². The van der Waals surface area contributed by atoms with Crippen molar-refractivity contribution in [2.45, 2.75) is 13.5 Å². The fourth-order valence-electron chi connectivity index (χ4n) is 1.45. The van der Waals surface area contributed by atoms with Crippen LogP contribution in [0.2, 0.25) is 0 Å². The van der Waals surface area contributed by atoms with Gasteiger partial charge in [-0.1, -0.05) is 19.1 Å². The van der Waals surface area contributed by atoms with Gasteiger partial charge in [-0.3, -0.25) is 4.72 Å². The van der Waals surface area contributed by atoms with Gasteiger partial charge in [0.1, 0.15) is 0 Å². The van der Waals surface area contributed by atoms with Crippen LogP contribution >= 0.6 is 0 Å². The molecule has 1 rings (SSSR count). The summed E-state index contributed by atoms with van der Waals surface area (Å²) in [5.41, 5.74) is 1.37. The van der Waals surface area contributed by atoms with Crippen molar-refractivity contribution in [3.05, 3.63) is 29.8 Å². The smallest absolute Gasteiger partial charge is 0.247 e. The normalized spacial score (nSPS) is 12.3. The van der Waals surface area contributed by atoms with Crippen LogP contribution in [0.1, 0.15) is 12.5 Å². The summed E-state index contributed by atoms with van der Waals surface area (Å²) >= 11 is 0. The van der Waals surface area contributed by atoms with Crippen LogP contribution in [0.4, 0.5) is 5.69 Å². The third-order valence-corrected chi connectivity index (χ3v) is 5.68. The maximum atomic E-state index is 11.6. The van der Waals surface area contributed by atoms with E-state index in [1.165, 1.54) is 0 Å². The van der Waals surface area contributed by atoms with Gasteiger partial charge >= 0.3 is 0 Å². The average Bonchev–Trinajstić information content (AvgIpc) is 2.24. The van der Waals surface area contributed by atoms with Crippen molar-refractivity contribution < 1.29 is 16.8 Å². The molecule has 0 aliphatic carbocycles. The lowest BCUT2D eigenvalue weighted by atomic mass is 10.2. The topological polar surface area (TPSA) is 92.3 Å². The Morgan fingerprint density at radius 2 is 1.63 bits per heavy atom. The predicted molar refractivity (Wildman–Crippen MR) is 76.1 cm³/mol. The van der Waals surface area contributed by atoms with Gasteiger partial charge in [-0.05, 0) is 24.2 Å². The molecule has 0 spiro atoms. The highest BCUT2D eigenvalue weighted by Gasteiger charge is 2.17. The summed E-state index contributed by atoms with van der Waals surface area (Å²) in [6.45, 7) is 3.54. The Morgan fingerprint density at radius 3 is 2.11 bits per heavy atom. The van der Waals surface area contributed by atoms with Crippen molar-refractivity contribution in [2.75, 3.05) is 22.6 Å². The average molecular weight is 306 g/mol. The minimum absolute atomic E-state index is 0.351. The maximum absolute atomic E-state index is 11.6. The molecule has 0 aliphatic rings. The summed E-state index contributed by atoms with van der Waals surface area (Å²) in [5, 5.41) is 2.23. The number of hydrogen-bond acceptors (Lipinski definition) is 5. The first-order valence-electron chi connectivity index (χ1n) is 5.70. The first kappa shape index (κ1) is 15.9. The summed E-state index contributed by atoms with van der Waals surface area (Å²) < 4.78 is 47.3. The number of benzene rings is 1. The Labute approximate surface area is 114 Å². The fourth-order valence-corrected chi connectivity index (χ4v) is 4.44. The van der Waals surface area contributed by atoms with E-state index in [0.717, 1.165) is 18.4 Å². The van der Waals surface area contributed by atoms with Gasteiger partial charge in [0, 0.05) is 18.5 Å². The van der Waals surface area contributed by atoms with Crippen LogP contribution in [0.3, 0.4) is 0 Å². The van der Waals surface area contributed by atoms with Crippen molar-refractivity contribution in [1.29, 1.82) is 0 Å². The highest BCUT2D eigenvalue weighted by Crippen LogP contribution is 2.12. The second-order valence-corrected chi connectivity index (χ2v) is 8.47. The van der Waals surface area contributed by atoms with E-state index in [1.807, 2.05) is 6.92 Å². The molecule has 0 saturated carbocycles. The van der Waals surface area contributed by atoms with Crippen LogP contribution < -0.4 is 10.0 Å². The van der Waals surface area contributed by atoms with Crippen LogP contribution in [0.15, 0.2) is 24.3 Å². The molecule has 1 aromatic rings. The SMILES string of the molecule is CCNCc1ccc(NS(=O)(=O)CS(C)(=O)=O)cc1. The zero-order valence-corrected chi connectivity index (χ0v) is 12.5. The molecule has 1 aromatic carbocycles. The van der Waals surface area contributed by atoms with Crippen LogP contribution in [-0.4, -0.2) is 34.7 Å². The van der Waals surface area contributed by atoms with Crippen LogP contribution in [0.5, 0.6) is 0 Å². The summed E-state index contributed by atoms with van der Waals surface area (Å²) in [6, 6.07) is 6.76. The van der Waals surface area contributed by atoms with Crippen LogP contribution in [0.25, 0.3) is 0 Å². The molecule has 0 unspecified atom stereocenters. The monoisotopic (exact) mass is 306 g/mol. The molecule has 19 heavy (non-hydrogen) atoms. The molecule has 0 aliphatic heterocycles. The molecule has 2 N–H and O–H groups in total. The minimum atomic E-state index is -3.88. The van der Waals surface area contributed by atoms with Crippen molar-refractivity contribution in [2.24, 2.45) is 0 Å². The van der Waals surface area contributed by atoms with E-state index in [0.29, 0.717) is 12.2 Å². The van der Waals surface area contributed by atoms with E-state index in [1.54, 1.807) is 24.3 Å². The molecule has 0 fully saturated rings. The van der Waals surface area contributed by atoms with Crippen molar-refractivity contribution >= 4 is 25.5 Å². The number of anilines is 1. The van der Waals surface area contributed by atoms with Gasteiger partial charge in [-0.25, -0.2) is 16.8 Å². The van der Waals surface area contributed by atoms with Gasteiger partial charge < -0.3 is 5.32 Å². The third kappa shape index (κ3) is 6.55. The summed E-state index contributed by atoms with van der Waals surface area (Å²) in [4.78, 5) is 0. The summed E-state index contributed by atoms with van der Waals surface area (Å²) in [7, 11) is -7.46. The highest BCUT2D eigenvalue weighted by atomic mass is 32.3. The Hall–Kier alpha value is -1.12. The quantitative estimate of drug-likeness (QED) is 0.767. The van der Waals surface area contributed by atoms with Crippen molar-refractivity contribution in [3.63, 3.8) is 0 Å². The molecule has 0 saturated heterocycles. The molecule has 6 nitrogen and oxygen atoms in total. The Bertz CT molecular complexity index is 607. The number of sulfonamides is 1. The molecule has 0 amide bonds. The Morgan fingerprint density at radius 1 is 1.05 bits per heavy atom. The molecular formula is C11H18N2O4S2. The standard InChI is InChI=1S/C11H18N2O4S2/c1-3-12-8-10-4-6-11(7-5-10)13-19(16,17)9-18(2,14)15/h4-7,12-13H,3,8-9H2,1-2H3. The molecular weight excluding hydrogens is 288 g/mol. The van der Waals surface area contributed by atoms with Gasteiger partial charge in [0.25, 0.3) is 0 Å². The summed E-state index contributed by atoms with van der Waals surface area (Å²) in [6.07, 6.45) is 0.881. The van der Waals surface area contributed by atoms with Gasteiger partial charge in [0.05, 0.1) is 0 Å². The van der Waals surface area contributed by atoms with Crippen molar-refractivity contribution in [3.8, 4) is 0 Å². The molecule has 0 atom stereocenters. The van der Waals surface area contributed by atoms with Gasteiger partial charge in [-0.15, -0.1) is 0 Å². The van der Waals surface area contributed by atoms with Gasteiger partial charge in [0.15, 0.2) is 14.9 Å². The lowest BCUT2D eigenvalue weighted by Gasteiger charge is -2.08. The number of hydrogen-bond donors (Lipinski definition) is 2. The summed E-state index contributed by atoms with van der Waals surface area (Å²) in [5.74, 6) is 0. The first-order valence-corrected chi connectivity index (χ1v) is 9.41. The van der Waals surface area contributed by atoms with Crippen LogP contribution in [-0.2, 0) is 26.4 Å². The molecule has 0 radical (unpaired) electrons. The minimum Gasteiger partial charge on any atom is -0.313 e. The second-order valence-electron chi connectivity index (χ2n) is 4.24. The van der Waals surface area contributed by atoms with E-state index < -0.39 is 24.9 Å². The van der Waals surface area contributed by atoms with Crippen LogP contribution in [0, 0.1) is 0 Å². The Balaban J connectivity index is 2.72. The zero-order chi connectivity index (χ0) is 14.5. The van der Waals surface area contributed by atoms with E-state index in [9.17, 15) is 16.8 Å². The first-order chi connectivity index (χ1) is 8.72. The van der Waals surface area contributed by atoms with Gasteiger partial charge in [0.2, 0.25) is 10.0 Å². The zero-order valence-electron chi connectivity index (χ0n) is 10.9. The number of sulfone groups is 1. The van der Waals surface area contributed by atoms with E-state index in [2.05, 4.69) is 10.0 Å². The lowest BCUT2D eigenvalue weighted by Crippen LogP contribution is -2.22. The third-order valence-electron chi connectivity index (χ3n) is 2.18. The van der Waals surface area contributed by atoms with E-state index >= 15 is 0 Å². The molecule has 0 aromatic heterocycles. The molecule has 8 heteroatoms. The van der Waals surface area contributed by atoms with E-state index in [-0.39, 0.29) is 0 Å². The largest absolute Gasteiger partial charge is 0.313 e. The second kappa shape index (κ2) is 6.36. The number of rotatable bonds is 7. The highest BCUT2D eigenvalue weighted by molar-refractivity contribution is 8.08. The molecule has 108 valence electrons. The Kier molecular flexibility index (Phi) is 5.33. The van der Waals surface area contributed by atoms with E-state index in [4.69, 9.17) is 0 Å². The predicted octanol–water partition coefficient (Wildman–Crippen LogP) is 0.540. The molecule has 0 bridgehead atoms. The lowest BCUT2D eigenvalue weighted by molar-refractivity contribution is 0.595. The molecule has 0 heterocycles.